The third-order valence-electron chi connectivity index (χ3n) is 3.83. The van der Waals surface area contributed by atoms with Gasteiger partial charge >= 0.3 is 0 Å². The molecule has 1 amide bonds. The SMILES string of the molecule is CC(C)N(C)CCNC(=O)C1(N)CCCCC1. The van der Waals surface area contributed by atoms with Crippen molar-refractivity contribution in [3.63, 3.8) is 0 Å². The Hall–Kier alpha value is -0.610. The fourth-order valence-electron chi connectivity index (χ4n) is 2.19. The molecular formula is C13H27N3O. The largest absolute Gasteiger partial charge is 0.353 e. The van der Waals surface area contributed by atoms with Gasteiger partial charge in [-0.2, -0.15) is 0 Å². The third-order valence-corrected chi connectivity index (χ3v) is 3.83. The molecule has 0 unspecified atom stereocenters. The Balaban J connectivity index is 2.29. The smallest absolute Gasteiger partial charge is 0.240 e. The zero-order chi connectivity index (χ0) is 12.9. The van der Waals surface area contributed by atoms with Crippen LogP contribution in [0.5, 0.6) is 0 Å². The van der Waals surface area contributed by atoms with Crippen LogP contribution >= 0.6 is 0 Å². The number of nitrogens with zero attached hydrogens (tertiary/aromatic N) is 1. The number of nitrogens with one attached hydrogen (secondary N) is 1. The van der Waals surface area contributed by atoms with Gasteiger partial charge in [0.2, 0.25) is 5.91 Å². The maximum absolute atomic E-state index is 12.0. The van der Waals surface area contributed by atoms with Gasteiger partial charge in [-0.15, -0.1) is 0 Å². The van der Waals surface area contributed by atoms with Crippen LogP contribution in [-0.4, -0.2) is 42.5 Å². The average Bonchev–Trinajstić information content (AvgIpc) is 2.29. The molecule has 4 heteroatoms. The van der Waals surface area contributed by atoms with E-state index in [1.54, 1.807) is 0 Å². The number of nitrogens with two attached hydrogens (primary N) is 1. The van der Waals surface area contributed by atoms with E-state index < -0.39 is 5.54 Å². The van der Waals surface area contributed by atoms with Crippen molar-refractivity contribution < 1.29 is 4.79 Å². The van der Waals surface area contributed by atoms with Gasteiger partial charge in [0.15, 0.2) is 0 Å². The minimum atomic E-state index is -0.603. The van der Waals surface area contributed by atoms with Crippen LogP contribution in [0.2, 0.25) is 0 Å². The van der Waals surface area contributed by atoms with Crippen molar-refractivity contribution in [3.8, 4) is 0 Å². The summed E-state index contributed by atoms with van der Waals surface area (Å²) in [5.41, 5.74) is 5.55. The molecule has 0 saturated heterocycles. The van der Waals surface area contributed by atoms with E-state index in [0.29, 0.717) is 12.6 Å². The summed E-state index contributed by atoms with van der Waals surface area (Å²) in [7, 11) is 2.07. The van der Waals surface area contributed by atoms with Crippen LogP contribution in [0.15, 0.2) is 0 Å². The normalized spacial score (nSPS) is 19.6. The predicted molar refractivity (Wildman–Crippen MR) is 70.8 cm³/mol. The fraction of sp³-hybridized carbons (Fsp3) is 0.923. The molecule has 0 bridgehead atoms. The van der Waals surface area contributed by atoms with Crippen molar-refractivity contribution in [2.45, 2.75) is 57.5 Å². The van der Waals surface area contributed by atoms with Crippen LogP contribution in [0.3, 0.4) is 0 Å². The molecule has 100 valence electrons. The first kappa shape index (κ1) is 14.5. The summed E-state index contributed by atoms with van der Waals surface area (Å²) >= 11 is 0. The lowest BCUT2D eigenvalue weighted by Crippen LogP contribution is -2.55. The number of rotatable bonds is 5. The highest BCUT2D eigenvalue weighted by molar-refractivity contribution is 5.86. The van der Waals surface area contributed by atoms with E-state index in [1.165, 1.54) is 6.42 Å². The summed E-state index contributed by atoms with van der Waals surface area (Å²) in [6.45, 7) is 5.85. The molecule has 0 aromatic rings. The molecule has 4 nitrogen and oxygen atoms in total. The number of hydrogen-bond acceptors (Lipinski definition) is 3. The maximum Gasteiger partial charge on any atom is 0.240 e. The molecule has 0 atom stereocenters. The van der Waals surface area contributed by atoms with E-state index in [1.807, 2.05) is 0 Å². The Labute approximate surface area is 105 Å². The van der Waals surface area contributed by atoms with Gasteiger partial charge in [-0.05, 0) is 33.7 Å². The average molecular weight is 241 g/mol. The van der Waals surface area contributed by atoms with Gasteiger partial charge in [0.25, 0.3) is 0 Å². The lowest BCUT2D eigenvalue weighted by molar-refractivity contribution is -0.127. The van der Waals surface area contributed by atoms with Gasteiger partial charge in [-0.3, -0.25) is 4.79 Å². The van der Waals surface area contributed by atoms with Crippen molar-refractivity contribution >= 4 is 5.91 Å². The summed E-state index contributed by atoms with van der Waals surface area (Å²) in [5, 5.41) is 2.97. The summed E-state index contributed by atoms with van der Waals surface area (Å²) in [5.74, 6) is 0.0364. The lowest BCUT2D eigenvalue weighted by Gasteiger charge is -2.32. The molecule has 1 rings (SSSR count). The number of carbonyl (C=O) groups is 1. The molecule has 1 saturated carbocycles. The Morgan fingerprint density at radius 3 is 2.47 bits per heavy atom. The predicted octanol–water partition coefficient (Wildman–Crippen LogP) is 1.10. The van der Waals surface area contributed by atoms with Gasteiger partial charge in [-0.1, -0.05) is 19.3 Å². The number of carbonyl (C=O) groups excluding carboxylic acids is 1. The molecule has 0 spiro atoms. The van der Waals surface area contributed by atoms with E-state index in [2.05, 4.69) is 31.1 Å². The zero-order valence-corrected chi connectivity index (χ0v) is 11.5. The van der Waals surface area contributed by atoms with Crippen LogP contribution in [0, 0.1) is 0 Å². The van der Waals surface area contributed by atoms with Crippen LogP contribution in [0.4, 0.5) is 0 Å². The first-order chi connectivity index (χ1) is 7.96. The highest BCUT2D eigenvalue weighted by atomic mass is 16.2. The molecule has 1 aliphatic carbocycles. The van der Waals surface area contributed by atoms with Crippen molar-refractivity contribution in [1.82, 2.24) is 10.2 Å². The molecular weight excluding hydrogens is 214 g/mol. The second-order valence-corrected chi connectivity index (χ2v) is 5.55. The monoisotopic (exact) mass is 241 g/mol. The molecule has 17 heavy (non-hydrogen) atoms. The molecule has 0 radical (unpaired) electrons. The standard InChI is InChI=1S/C13H27N3O/c1-11(2)16(3)10-9-15-12(17)13(14)7-5-4-6-8-13/h11H,4-10,14H2,1-3H3,(H,15,17). The van der Waals surface area contributed by atoms with Gasteiger partial charge < -0.3 is 16.0 Å². The third kappa shape index (κ3) is 4.28. The zero-order valence-electron chi connectivity index (χ0n) is 11.5. The topological polar surface area (TPSA) is 58.4 Å². The van der Waals surface area contributed by atoms with E-state index in [9.17, 15) is 4.79 Å². The highest BCUT2D eigenvalue weighted by Gasteiger charge is 2.34. The second-order valence-electron chi connectivity index (χ2n) is 5.55. The van der Waals surface area contributed by atoms with Crippen molar-refractivity contribution in [2.75, 3.05) is 20.1 Å². The summed E-state index contributed by atoms with van der Waals surface area (Å²) in [6.07, 6.45) is 5.03. The second kappa shape index (κ2) is 6.36. The van der Waals surface area contributed by atoms with E-state index in [4.69, 9.17) is 5.73 Å². The van der Waals surface area contributed by atoms with Crippen LogP contribution in [0.1, 0.15) is 46.0 Å². The molecule has 0 aliphatic heterocycles. The minimum absolute atomic E-state index is 0.0364. The first-order valence-electron chi connectivity index (χ1n) is 6.73. The summed E-state index contributed by atoms with van der Waals surface area (Å²) in [4.78, 5) is 14.2. The fourth-order valence-corrected chi connectivity index (χ4v) is 2.19. The van der Waals surface area contributed by atoms with Crippen LogP contribution in [-0.2, 0) is 4.79 Å². The number of likely N-dealkylation sites (N-methyl/N-ethyl adjacent to an activating group) is 1. The van der Waals surface area contributed by atoms with Gasteiger partial charge in [0.1, 0.15) is 0 Å². The molecule has 0 heterocycles. The molecule has 1 aliphatic rings. The maximum atomic E-state index is 12.0. The molecule has 3 N–H and O–H groups in total. The minimum Gasteiger partial charge on any atom is -0.353 e. The highest BCUT2D eigenvalue weighted by Crippen LogP contribution is 2.25. The Morgan fingerprint density at radius 1 is 1.35 bits per heavy atom. The Morgan fingerprint density at radius 2 is 1.94 bits per heavy atom. The van der Waals surface area contributed by atoms with Gasteiger partial charge in [-0.25, -0.2) is 0 Å². The number of amides is 1. The van der Waals surface area contributed by atoms with E-state index in [0.717, 1.165) is 32.2 Å². The Bertz CT molecular complexity index is 247. The van der Waals surface area contributed by atoms with Crippen LogP contribution in [0.25, 0.3) is 0 Å². The van der Waals surface area contributed by atoms with Crippen molar-refractivity contribution in [2.24, 2.45) is 5.73 Å². The molecule has 1 fully saturated rings. The quantitative estimate of drug-likeness (QED) is 0.758. The molecule has 0 aromatic heterocycles. The summed E-state index contributed by atoms with van der Waals surface area (Å²) in [6, 6.07) is 0.508. The van der Waals surface area contributed by atoms with Gasteiger partial charge in [0.05, 0.1) is 5.54 Å². The van der Waals surface area contributed by atoms with E-state index >= 15 is 0 Å². The van der Waals surface area contributed by atoms with Crippen molar-refractivity contribution in [1.29, 1.82) is 0 Å². The first-order valence-corrected chi connectivity index (χ1v) is 6.73. The lowest BCUT2D eigenvalue weighted by atomic mass is 9.82. The summed E-state index contributed by atoms with van der Waals surface area (Å²) < 4.78 is 0. The van der Waals surface area contributed by atoms with E-state index in [-0.39, 0.29) is 5.91 Å². The van der Waals surface area contributed by atoms with Crippen LogP contribution < -0.4 is 11.1 Å². The van der Waals surface area contributed by atoms with Gasteiger partial charge in [0, 0.05) is 19.1 Å². The number of hydrogen-bond donors (Lipinski definition) is 2. The Kier molecular flexibility index (Phi) is 5.40. The van der Waals surface area contributed by atoms with Crippen molar-refractivity contribution in [3.05, 3.63) is 0 Å². The molecule has 0 aromatic carbocycles.